The number of aliphatic hydroxyl groups is 2. The smallest absolute Gasteiger partial charge is 0.309 e. The molecular formula is C69H88N10O15S4. The van der Waals surface area contributed by atoms with Gasteiger partial charge in [0, 0.05) is 31.2 Å². The van der Waals surface area contributed by atoms with Crippen LogP contribution in [0.4, 0.5) is 0 Å². The SMILES string of the molecule is C.C=C.C=C[C@@H]1C[C@]1(NC(=O)[C@@H]1C[C@@H](Oc2nc3ccccc3nc2-c2cccs2)CN1)C(=O)NS(=O)(=O)C1CC1.C=C[C@@H]1C[C@]1(NC(=O)[C@@H]1C[C@@H](Oc2nc3ccccc3nc2-c2cccs2)CN1C(=O)[C@@H](CO)C(C)(C)C)C(=O)NS(=O)(=O)C1CC1.CC(C)(C)C(CO)C(=O)O. The van der Waals surface area contributed by atoms with Crippen molar-refractivity contribution >= 4 is 100 Å². The molecule has 0 spiro atoms. The van der Waals surface area contributed by atoms with Gasteiger partial charge in [-0.2, -0.15) is 0 Å². The van der Waals surface area contributed by atoms with Crippen LogP contribution in [0.5, 0.6) is 11.8 Å². The summed E-state index contributed by atoms with van der Waals surface area (Å²) in [7, 11) is -7.59. The van der Waals surface area contributed by atoms with Gasteiger partial charge >= 0.3 is 5.97 Å². The number of amides is 5. The van der Waals surface area contributed by atoms with Gasteiger partial charge in [-0.25, -0.2) is 36.8 Å². The zero-order chi connectivity index (χ0) is 70.6. The molecule has 0 bridgehead atoms. The number of aliphatic carboxylic acids is 1. The summed E-state index contributed by atoms with van der Waals surface area (Å²) in [6.45, 7) is 24.1. The van der Waals surface area contributed by atoms with Gasteiger partial charge < -0.3 is 45.6 Å². The number of likely N-dealkylation sites (tertiary alicyclic amines) is 1. The molecule has 1 unspecified atom stereocenters. The molecule has 6 aromatic rings. The number of sulfonamides is 2. The number of hydrogen-bond acceptors (Lipinski definition) is 21. The van der Waals surface area contributed by atoms with E-state index in [0.29, 0.717) is 78.9 Å². The van der Waals surface area contributed by atoms with Gasteiger partial charge in [0.25, 0.3) is 11.8 Å². The molecule has 12 rings (SSSR count). The largest absolute Gasteiger partial charge is 0.481 e. The number of fused-ring (bicyclic) bond motifs is 2. The second-order valence-corrected chi connectivity index (χ2v) is 32.8. The Bertz CT molecular complexity index is 4160. The Labute approximate surface area is 579 Å². The topological polar surface area (TPSA) is 365 Å². The highest BCUT2D eigenvalue weighted by Crippen LogP contribution is 2.47. The van der Waals surface area contributed by atoms with E-state index in [1.165, 1.54) is 33.6 Å². The van der Waals surface area contributed by atoms with Gasteiger partial charge in [-0.3, -0.25) is 38.2 Å². The third-order valence-corrected chi connectivity index (χ3v) is 23.3. The minimum Gasteiger partial charge on any atom is -0.481 e. The normalized spacial score (nSPS) is 23.8. The number of nitrogens with zero attached hydrogens (tertiary/aromatic N) is 5. The van der Waals surface area contributed by atoms with Crippen LogP contribution in [0.25, 0.3) is 43.2 Å². The number of carboxylic acid groups (broad SMARTS) is 1. The average molecular weight is 1430 g/mol. The maximum Gasteiger partial charge on any atom is 0.309 e. The van der Waals surface area contributed by atoms with Crippen molar-refractivity contribution in [1.29, 1.82) is 0 Å². The minimum atomic E-state index is -3.86. The Morgan fingerprint density at radius 1 is 0.643 bits per heavy atom. The Morgan fingerprint density at radius 3 is 1.42 bits per heavy atom. The van der Waals surface area contributed by atoms with Crippen molar-refractivity contribution in [3.8, 4) is 32.9 Å². The molecule has 4 aliphatic carbocycles. The van der Waals surface area contributed by atoms with E-state index in [0.717, 1.165) is 15.3 Å². The lowest BCUT2D eigenvalue weighted by molar-refractivity contribution is -0.147. The maximum atomic E-state index is 14.1. The molecule has 29 heteroatoms. The summed E-state index contributed by atoms with van der Waals surface area (Å²) >= 11 is 3.02. The fourth-order valence-corrected chi connectivity index (χ4v) is 15.8. The number of ether oxygens (including phenoxy) is 2. The van der Waals surface area contributed by atoms with Crippen molar-refractivity contribution in [1.82, 2.24) is 50.2 Å². The predicted octanol–water partition coefficient (Wildman–Crippen LogP) is 7.33. The zero-order valence-corrected chi connectivity index (χ0v) is 58.2. The summed E-state index contributed by atoms with van der Waals surface area (Å²) in [5, 5.41) is 38.9. The summed E-state index contributed by atoms with van der Waals surface area (Å²) in [6.07, 6.45) is 4.96. The third kappa shape index (κ3) is 17.1. The van der Waals surface area contributed by atoms with E-state index < -0.39 is 119 Å². The highest BCUT2D eigenvalue weighted by molar-refractivity contribution is 7.91. The van der Waals surface area contributed by atoms with Crippen LogP contribution in [0.2, 0.25) is 0 Å². The monoisotopic (exact) mass is 1420 g/mol. The standard InChI is InChI=1S/C33H39N5O7S2.C26H27N5O5S2.C7H14O3.C2H4.CH4/c1-5-19-16-33(19,31(42)37-47(43,44)21-12-13-21)36-28(40)25-15-20(17-38(25)30(41)22(18-39)32(2,3)4)45-29-27(26-11-8-14-46-26)34-23-9-6-7-10-24(23)35-29;1-2-15-13-26(15,25(33)31-38(34,35)17-9-10-17)30-23(32)20-12-16(14-27-20)36-24-22(21-8-5-11-37-21)28-18-6-3-4-7-19(18)29-24;1-7(2,3)5(4-8)6(9)10;1-2;/h5-11,14,19-22,25,39H,1,12-13,15-18H2,2-4H3,(H,36,40)(H,37,42);2-8,11,15-17,20,27H,1,9-10,12-14H2,(H,30,32)(H,31,33);5,8H,4H2,1-3H3,(H,9,10);1-2H2;1H4/t19-,20-,22-,25+,33-;15-,16-,20+,26-;;;/m11.../s1. The average Bonchev–Trinajstić information content (AvgIpc) is 1.57. The van der Waals surface area contributed by atoms with Gasteiger partial charge in [0.05, 0.1) is 80.0 Å². The van der Waals surface area contributed by atoms with Crippen LogP contribution in [0.15, 0.2) is 122 Å². The summed E-state index contributed by atoms with van der Waals surface area (Å²) < 4.78 is 66.9. The first kappa shape index (κ1) is 75.7. The van der Waals surface area contributed by atoms with Gasteiger partial charge in [-0.05, 0) is 96.5 Å². The Morgan fingerprint density at radius 2 is 1.06 bits per heavy atom. The van der Waals surface area contributed by atoms with E-state index in [-0.39, 0.29) is 62.6 Å². The van der Waals surface area contributed by atoms with Crippen molar-refractivity contribution < 1.29 is 70.4 Å². The predicted molar refractivity (Wildman–Crippen MR) is 375 cm³/mol. The van der Waals surface area contributed by atoms with Crippen LogP contribution in [0.3, 0.4) is 0 Å². The van der Waals surface area contributed by atoms with Gasteiger partial charge in [-0.15, -0.1) is 49.0 Å². The molecule has 8 N–H and O–H groups in total. The van der Waals surface area contributed by atoms with Crippen LogP contribution in [-0.2, 0) is 48.8 Å². The van der Waals surface area contributed by atoms with Crippen LogP contribution in [0, 0.1) is 34.5 Å². The lowest BCUT2D eigenvalue weighted by atomic mass is 9.80. The maximum absolute atomic E-state index is 14.1. The van der Waals surface area contributed by atoms with Crippen LogP contribution in [0.1, 0.15) is 100 Å². The van der Waals surface area contributed by atoms with E-state index >= 15 is 0 Å². The van der Waals surface area contributed by atoms with Crippen LogP contribution in [-0.4, -0.2) is 165 Å². The second kappa shape index (κ2) is 30.6. The molecule has 2 aliphatic heterocycles. The first-order chi connectivity index (χ1) is 45.9. The molecule has 5 amide bonds. The molecule has 4 saturated carbocycles. The summed E-state index contributed by atoms with van der Waals surface area (Å²) in [5.41, 5.74) is 0.161. The zero-order valence-electron chi connectivity index (χ0n) is 54.9. The lowest BCUT2D eigenvalue weighted by Crippen LogP contribution is -2.57. The number of carboxylic acids is 1. The number of benzene rings is 2. The molecule has 0 radical (unpaired) electrons. The van der Waals surface area contributed by atoms with Crippen molar-refractivity contribution in [2.45, 2.75) is 146 Å². The molecule has 2 saturated heterocycles. The van der Waals surface area contributed by atoms with Gasteiger partial charge in [0.2, 0.25) is 49.5 Å². The van der Waals surface area contributed by atoms with Gasteiger partial charge in [-0.1, -0.05) is 97.5 Å². The van der Waals surface area contributed by atoms with Crippen molar-refractivity contribution in [2.75, 3.05) is 26.3 Å². The lowest BCUT2D eigenvalue weighted by Gasteiger charge is -2.34. The van der Waals surface area contributed by atoms with Gasteiger partial charge in [0.1, 0.15) is 40.7 Å². The second-order valence-electron chi connectivity index (χ2n) is 27.0. The molecule has 2 aromatic carbocycles. The first-order valence-electron chi connectivity index (χ1n) is 31.9. The molecule has 6 fully saturated rings. The quantitative estimate of drug-likeness (QED) is 0.0308. The molecule has 6 aliphatic rings. The number of para-hydroxylation sites is 4. The van der Waals surface area contributed by atoms with Crippen molar-refractivity contribution in [2.24, 2.45) is 34.5 Å². The number of hydrogen-bond donors (Lipinski definition) is 8. The summed E-state index contributed by atoms with van der Waals surface area (Å²) in [6, 6.07) is 21.0. The number of rotatable bonds is 22. The van der Waals surface area contributed by atoms with E-state index in [1.807, 2.05) is 104 Å². The number of thiophene rings is 2. The van der Waals surface area contributed by atoms with Crippen molar-refractivity contribution in [3.63, 3.8) is 0 Å². The van der Waals surface area contributed by atoms with Crippen LogP contribution < -0.4 is 34.9 Å². The molecule has 25 nitrogen and oxygen atoms in total. The number of carbonyl (C=O) groups excluding carboxylic acids is 5. The fourth-order valence-electron chi connectivity index (χ4n) is 11.7. The fraction of sp³-hybridized carbons (Fsp3) is 0.478. The molecule has 98 heavy (non-hydrogen) atoms. The number of carbonyl (C=O) groups is 6. The molecule has 10 atom stereocenters. The third-order valence-electron chi connectivity index (χ3n) is 17.9. The number of aromatic nitrogens is 4. The Balaban J connectivity index is 0.000000216. The van der Waals surface area contributed by atoms with Crippen molar-refractivity contribution in [3.05, 3.63) is 122 Å². The van der Waals surface area contributed by atoms with E-state index in [9.17, 15) is 50.7 Å². The first-order valence-corrected chi connectivity index (χ1v) is 36.7. The summed E-state index contributed by atoms with van der Waals surface area (Å²) in [5.74, 6) is -5.55. The number of aliphatic hydroxyl groups excluding tert-OH is 2. The Kier molecular flexibility index (Phi) is 23.6. The summed E-state index contributed by atoms with van der Waals surface area (Å²) in [4.78, 5) is 100. The van der Waals surface area contributed by atoms with E-state index in [2.05, 4.69) is 51.7 Å². The van der Waals surface area contributed by atoms with E-state index in [1.54, 1.807) is 26.8 Å². The molecule has 528 valence electrons. The van der Waals surface area contributed by atoms with Crippen LogP contribution >= 0.6 is 22.7 Å². The molecule has 4 aromatic heterocycles. The minimum absolute atomic E-state index is 0. The van der Waals surface area contributed by atoms with Gasteiger partial charge in [0.15, 0.2) is 0 Å². The van der Waals surface area contributed by atoms with E-state index in [4.69, 9.17) is 39.6 Å². The number of nitrogens with one attached hydrogen (secondary N) is 5. The molecule has 6 heterocycles. The highest BCUT2D eigenvalue weighted by Gasteiger charge is 2.63. The highest BCUT2D eigenvalue weighted by atomic mass is 32.2. The Hall–Kier alpha value is -8.06. The molecular weight excluding hydrogens is 1340 g/mol.